The van der Waals surface area contributed by atoms with Gasteiger partial charge in [0.1, 0.15) is 0 Å². The molecule has 1 saturated heterocycles. The molecule has 0 aromatic heterocycles. The fourth-order valence-electron chi connectivity index (χ4n) is 0.664. The zero-order valence-electron chi connectivity index (χ0n) is 5.42. The van der Waals surface area contributed by atoms with Crippen molar-refractivity contribution in [3.05, 3.63) is 0 Å². The normalized spacial score (nSPS) is 29.9. The van der Waals surface area contributed by atoms with Crippen LogP contribution in [0.5, 0.6) is 0 Å². The summed E-state index contributed by atoms with van der Waals surface area (Å²) in [5.41, 5.74) is 0. The highest BCUT2D eigenvalue weighted by molar-refractivity contribution is 8.05. The van der Waals surface area contributed by atoms with Crippen molar-refractivity contribution in [1.29, 1.82) is 0 Å². The summed E-state index contributed by atoms with van der Waals surface area (Å²) in [6.45, 7) is 2.18. The van der Waals surface area contributed by atoms with Crippen molar-refractivity contribution in [3.8, 4) is 0 Å². The van der Waals surface area contributed by atoms with Crippen molar-refractivity contribution < 1.29 is 4.79 Å². The van der Waals surface area contributed by atoms with E-state index in [1.807, 2.05) is 0 Å². The molecule has 1 nitrogen and oxygen atoms in total. The lowest BCUT2D eigenvalue weighted by molar-refractivity contribution is -0.114. The summed E-state index contributed by atoms with van der Waals surface area (Å²) in [7, 11) is 0. The third kappa shape index (κ3) is 2.63. The van der Waals surface area contributed by atoms with Crippen LogP contribution in [0, 0.1) is 0 Å². The lowest BCUT2D eigenvalue weighted by Crippen LogP contribution is -2.02. The number of carbonyl (C=O) groups excluding carboxylic acids is 1. The average Bonchev–Trinajstić information content (AvgIpc) is 1.97. The summed E-state index contributed by atoms with van der Waals surface area (Å²) in [6.07, 6.45) is 0. The van der Waals surface area contributed by atoms with Crippen LogP contribution in [0.15, 0.2) is 0 Å². The first-order chi connectivity index (χ1) is 4.29. The van der Waals surface area contributed by atoms with Crippen LogP contribution in [0.1, 0.15) is 6.92 Å². The number of carbonyl (C=O) groups is 1. The van der Waals surface area contributed by atoms with Crippen molar-refractivity contribution in [2.75, 3.05) is 17.3 Å². The first-order valence-corrected chi connectivity index (χ1v) is 5.20. The molecular weight excluding hydrogens is 152 g/mol. The van der Waals surface area contributed by atoms with E-state index in [0.717, 1.165) is 17.3 Å². The molecule has 1 rings (SSSR count). The summed E-state index contributed by atoms with van der Waals surface area (Å²) >= 11 is 3.54. The zero-order chi connectivity index (χ0) is 6.69. The summed E-state index contributed by atoms with van der Waals surface area (Å²) < 4.78 is 0. The Balaban J connectivity index is 2.34. The first kappa shape index (κ1) is 7.48. The van der Waals surface area contributed by atoms with Gasteiger partial charge in [-0.2, -0.15) is 23.5 Å². The summed E-state index contributed by atoms with van der Waals surface area (Å²) in [4.78, 5) is 10.8. The van der Waals surface area contributed by atoms with E-state index in [0.29, 0.717) is 11.0 Å². The molecule has 0 bridgehead atoms. The summed E-state index contributed by atoms with van der Waals surface area (Å²) in [5, 5.41) is 0.668. The standard InChI is InChI=1S/C6H10OS2/c1-5-2-8-3-6(7)4-9-5/h5H,2-4H2,1H3. The highest BCUT2D eigenvalue weighted by Gasteiger charge is 2.12. The van der Waals surface area contributed by atoms with Crippen LogP contribution < -0.4 is 0 Å². The minimum Gasteiger partial charge on any atom is -0.298 e. The number of thioether (sulfide) groups is 2. The largest absolute Gasteiger partial charge is 0.298 e. The topological polar surface area (TPSA) is 17.1 Å². The van der Waals surface area contributed by atoms with Gasteiger partial charge in [0, 0.05) is 11.0 Å². The SMILES string of the molecule is CC1CSCC(=O)CS1. The van der Waals surface area contributed by atoms with Crippen LogP contribution in [-0.2, 0) is 4.79 Å². The van der Waals surface area contributed by atoms with Crippen LogP contribution in [0.3, 0.4) is 0 Å². The molecule has 0 radical (unpaired) electrons. The lowest BCUT2D eigenvalue weighted by atomic mass is 10.5. The predicted molar refractivity (Wildman–Crippen MR) is 44.3 cm³/mol. The number of rotatable bonds is 0. The number of hydrogen-bond acceptors (Lipinski definition) is 3. The fraction of sp³-hybridized carbons (Fsp3) is 0.833. The molecule has 0 aliphatic carbocycles. The number of Topliss-reactive ketones (excluding diaryl/α,β-unsaturated/α-hetero) is 1. The molecule has 3 heteroatoms. The molecule has 9 heavy (non-hydrogen) atoms. The molecule has 1 fully saturated rings. The van der Waals surface area contributed by atoms with Crippen molar-refractivity contribution in [1.82, 2.24) is 0 Å². The predicted octanol–water partition coefficient (Wildman–Crippen LogP) is 1.42. The molecule has 1 atom stereocenters. The Kier molecular flexibility index (Phi) is 2.92. The molecule has 1 aliphatic heterocycles. The Morgan fingerprint density at radius 3 is 3.11 bits per heavy atom. The minimum absolute atomic E-state index is 0.398. The molecule has 1 unspecified atom stereocenters. The minimum atomic E-state index is 0.398. The van der Waals surface area contributed by atoms with Gasteiger partial charge in [-0.1, -0.05) is 6.92 Å². The second kappa shape index (κ2) is 3.52. The Hall–Kier alpha value is 0.370. The van der Waals surface area contributed by atoms with Crippen molar-refractivity contribution in [2.24, 2.45) is 0 Å². The Bertz CT molecular complexity index is 114. The molecular formula is C6H10OS2. The van der Waals surface area contributed by atoms with Crippen LogP contribution in [0.2, 0.25) is 0 Å². The smallest absolute Gasteiger partial charge is 0.152 e. The van der Waals surface area contributed by atoms with Gasteiger partial charge in [-0.15, -0.1) is 0 Å². The molecule has 0 saturated carbocycles. The van der Waals surface area contributed by atoms with Gasteiger partial charge in [0.2, 0.25) is 0 Å². The third-order valence-electron chi connectivity index (χ3n) is 1.14. The molecule has 1 aliphatic rings. The van der Waals surface area contributed by atoms with E-state index < -0.39 is 0 Å². The van der Waals surface area contributed by atoms with Crippen LogP contribution in [-0.4, -0.2) is 28.3 Å². The summed E-state index contributed by atoms with van der Waals surface area (Å²) in [6, 6.07) is 0. The maximum atomic E-state index is 10.8. The molecule has 1 heterocycles. The Labute approximate surface area is 64.0 Å². The number of hydrogen-bond donors (Lipinski definition) is 0. The lowest BCUT2D eigenvalue weighted by Gasteiger charge is -2.01. The second-order valence-electron chi connectivity index (χ2n) is 2.18. The van der Waals surface area contributed by atoms with Gasteiger partial charge in [0.15, 0.2) is 5.78 Å². The Morgan fingerprint density at radius 1 is 1.56 bits per heavy atom. The van der Waals surface area contributed by atoms with Gasteiger partial charge in [-0.25, -0.2) is 0 Å². The van der Waals surface area contributed by atoms with Gasteiger partial charge in [0.05, 0.1) is 11.5 Å². The highest BCUT2D eigenvalue weighted by atomic mass is 32.2. The van der Waals surface area contributed by atoms with E-state index in [2.05, 4.69) is 6.92 Å². The van der Waals surface area contributed by atoms with Gasteiger partial charge in [-0.05, 0) is 0 Å². The molecule has 0 spiro atoms. The number of ketones is 1. The molecule has 0 N–H and O–H groups in total. The second-order valence-corrected chi connectivity index (χ2v) is 4.63. The molecule has 52 valence electrons. The van der Waals surface area contributed by atoms with Crippen molar-refractivity contribution >= 4 is 29.3 Å². The molecule has 0 aromatic rings. The molecule has 0 aromatic carbocycles. The van der Waals surface area contributed by atoms with E-state index in [1.165, 1.54) is 0 Å². The van der Waals surface area contributed by atoms with E-state index >= 15 is 0 Å². The van der Waals surface area contributed by atoms with E-state index in [9.17, 15) is 4.79 Å². The third-order valence-corrected chi connectivity index (χ3v) is 3.84. The van der Waals surface area contributed by atoms with Gasteiger partial charge in [-0.3, -0.25) is 4.79 Å². The van der Waals surface area contributed by atoms with Gasteiger partial charge < -0.3 is 0 Å². The highest BCUT2D eigenvalue weighted by Crippen LogP contribution is 2.20. The first-order valence-electron chi connectivity index (χ1n) is 3.00. The van der Waals surface area contributed by atoms with E-state index in [1.54, 1.807) is 23.5 Å². The van der Waals surface area contributed by atoms with Crippen LogP contribution >= 0.6 is 23.5 Å². The average molecular weight is 162 g/mol. The van der Waals surface area contributed by atoms with Gasteiger partial charge >= 0.3 is 0 Å². The quantitative estimate of drug-likeness (QED) is 0.536. The maximum Gasteiger partial charge on any atom is 0.152 e. The monoisotopic (exact) mass is 162 g/mol. The van der Waals surface area contributed by atoms with Crippen molar-refractivity contribution in [3.63, 3.8) is 0 Å². The van der Waals surface area contributed by atoms with Crippen LogP contribution in [0.4, 0.5) is 0 Å². The Morgan fingerprint density at radius 2 is 2.33 bits per heavy atom. The molecule has 0 amide bonds. The van der Waals surface area contributed by atoms with E-state index in [-0.39, 0.29) is 0 Å². The fourth-order valence-corrected chi connectivity index (χ4v) is 2.82. The zero-order valence-corrected chi connectivity index (χ0v) is 7.06. The van der Waals surface area contributed by atoms with Crippen LogP contribution in [0.25, 0.3) is 0 Å². The summed E-state index contributed by atoms with van der Waals surface area (Å²) in [5.74, 6) is 3.00. The van der Waals surface area contributed by atoms with E-state index in [4.69, 9.17) is 0 Å². The van der Waals surface area contributed by atoms with Gasteiger partial charge in [0.25, 0.3) is 0 Å². The maximum absolute atomic E-state index is 10.8. The van der Waals surface area contributed by atoms with Crippen molar-refractivity contribution in [2.45, 2.75) is 12.2 Å².